The summed E-state index contributed by atoms with van der Waals surface area (Å²) >= 11 is 1.46. The van der Waals surface area contributed by atoms with Crippen LogP contribution in [-0.4, -0.2) is 260 Å². The fourth-order valence-corrected chi connectivity index (χ4v) is 10.9. The third-order valence-corrected chi connectivity index (χ3v) is 17.3. The Morgan fingerprint density at radius 1 is 0.477 bits per heavy atom. The number of rotatable bonds is 53. The third-order valence-electron chi connectivity index (χ3n) is 16.7. The molecule has 41 heteroatoms. The largest absolute Gasteiger partial charge is 0.481 e. The Labute approximate surface area is 636 Å². The Hall–Kier alpha value is -9.84. The van der Waals surface area contributed by atoms with Crippen LogP contribution in [0.3, 0.4) is 0 Å². The molecule has 0 saturated carbocycles. The lowest BCUT2D eigenvalue weighted by Crippen LogP contribution is -2.63. The van der Waals surface area contributed by atoms with Crippen molar-refractivity contribution in [1.29, 1.82) is 0 Å². The Bertz CT molecular complexity index is 3240. The van der Waals surface area contributed by atoms with Crippen LogP contribution in [0.5, 0.6) is 0 Å². The van der Waals surface area contributed by atoms with Gasteiger partial charge in [-0.25, -0.2) is 4.79 Å². The van der Waals surface area contributed by atoms with Crippen molar-refractivity contribution >= 4 is 112 Å². The van der Waals surface area contributed by atoms with Gasteiger partial charge in [-0.05, 0) is 114 Å². The van der Waals surface area contributed by atoms with Gasteiger partial charge in [0.25, 0.3) is 0 Å². The van der Waals surface area contributed by atoms with Crippen molar-refractivity contribution in [3.63, 3.8) is 0 Å². The second kappa shape index (κ2) is 50.7. The molecule has 1 rings (SSSR count). The maximum atomic E-state index is 14.2. The van der Waals surface area contributed by atoms with E-state index in [0.717, 1.165) is 20.8 Å². The van der Waals surface area contributed by atoms with Gasteiger partial charge in [0.1, 0.15) is 72.5 Å². The summed E-state index contributed by atoms with van der Waals surface area (Å²) in [5.41, 5.74) is 22.8. The highest BCUT2D eigenvalue weighted by molar-refractivity contribution is 7.98. The molecule has 0 bridgehead atoms. The van der Waals surface area contributed by atoms with Gasteiger partial charge in [0, 0.05) is 13.0 Å². The second-order valence-electron chi connectivity index (χ2n) is 27.1. The highest BCUT2D eigenvalue weighted by atomic mass is 32.2. The number of nitrogens with two attached hydrogens (primary N) is 4. The third kappa shape index (κ3) is 37.7. The molecule has 0 saturated heterocycles. The maximum Gasteiger partial charge on any atom is 0.326 e. The molecule has 0 aliphatic heterocycles. The quantitative estimate of drug-likeness (QED) is 0.0164. The topological polar surface area (TPSA) is 667 Å². The summed E-state index contributed by atoms with van der Waals surface area (Å²) in [4.78, 5) is 219. The zero-order valence-electron chi connectivity index (χ0n) is 63.2. The average Bonchev–Trinajstić information content (AvgIpc) is 0.851. The molecule has 27 N–H and O–H groups in total. The van der Waals surface area contributed by atoms with Crippen LogP contribution in [0.4, 0.5) is 0 Å². The van der Waals surface area contributed by atoms with E-state index in [9.17, 15) is 107 Å². The van der Waals surface area contributed by atoms with E-state index in [4.69, 9.17) is 22.9 Å². The minimum Gasteiger partial charge on any atom is -0.481 e. The number of carbonyl (C=O) groups is 16. The molecular weight excluding hydrogens is 1450 g/mol. The van der Waals surface area contributed by atoms with Crippen molar-refractivity contribution < 1.29 is 107 Å². The summed E-state index contributed by atoms with van der Waals surface area (Å²) in [6.45, 7) is 11.5. The number of hydrogen-bond donors (Lipinski definition) is 23. The first-order valence-electron chi connectivity index (χ1n) is 35.7. The first-order chi connectivity index (χ1) is 51.1. The number of amides is 13. The molecule has 0 fully saturated rings. The van der Waals surface area contributed by atoms with Crippen LogP contribution in [0.1, 0.15) is 139 Å². The number of aliphatic hydroxyl groups is 3. The fraction of sp³-hybridized carbons (Fsp3) is 0.662. The number of aliphatic hydroxyl groups excluding tert-OH is 3. The number of nitrogens with zero attached hydrogens (tertiary/aromatic N) is 1. The summed E-state index contributed by atoms with van der Waals surface area (Å²) in [7, 11) is 0. The van der Waals surface area contributed by atoms with Crippen molar-refractivity contribution in [1.82, 2.24) is 69.1 Å². The average molecular weight is 1570 g/mol. The molecule has 13 amide bonds. The summed E-state index contributed by atoms with van der Waals surface area (Å²) in [5.74, 6) is -19.7. The van der Waals surface area contributed by atoms with Crippen molar-refractivity contribution in [2.24, 2.45) is 45.7 Å². The van der Waals surface area contributed by atoms with E-state index in [1.807, 2.05) is 6.26 Å². The Kier molecular flexibility index (Phi) is 45.2. The van der Waals surface area contributed by atoms with E-state index in [2.05, 4.69) is 74.1 Å². The zero-order valence-corrected chi connectivity index (χ0v) is 64.0. The number of hydrogen-bond acceptors (Lipinski definition) is 23. The molecule has 0 heterocycles. The SMILES string of the molecule is CC[C@H](C)[C@H](NC(=O)[C@H](CO)NC(=O)[C@H](CCCCN)NC(=O)[C@@H](N)CCSC)C(=O)N[C@@H](CC(C)C)C(=O)N[C@@H](CC(=O)O)C(=O)NCC(=O)N[C@@H](CC(C)C)C(=O)N[C@@H](C)C(=O)N[C@@H](CC(=O)O)C(=O)N[C@H](C(=O)N[C@H](C(=O)N[C@@H](Cc1ccccc1)C(=O)N[C@@H](CCCN=C(N)N)C(=O)O)[C@@H](C)O)[C@@H](C)O. The van der Waals surface area contributed by atoms with Crippen molar-refractivity contribution in [2.45, 2.75) is 230 Å². The molecule has 0 radical (unpaired) electrons. The van der Waals surface area contributed by atoms with Gasteiger partial charge in [-0.2, -0.15) is 11.8 Å². The number of carboxylic acid groups (broad SMARTS) is 3. The molecule has 0 spiro atoms. The van der Waals surface area contributed by atoms with Crippen LogP contribution in [0.2, 0.25) is 0 Å². The van der Waals surface area contributed by atoms with E-state index in [1.54, 1.807) is 71.9 Å². The monoisotopic (exact) mass is 1570 g/mol. The van der Waals surface area contributed by atoms with Gasteiger partial charge in [0.15, 0.2) is 5.96 Å². The lowest BCUT2D eigenvalue weighted by Gasteiger charge is -2.29. The number of unbranched alkanes of at least 4 members (excludes halogenated alkanes) is 1. The number of thioether (sulfide) groups is 1. The van der Waals surface area contributed by atoms with E-state index >= 15 is 0 Å². The number of carboxylic acids is 3. The van der Waals surface area contributed by atoms with Gasteiger partial charge in [0.05, 0.1) is 44.2 Å². The Morgan fingerprint density at radius 2 is 0.908 bits per heavy atom. The van der Waals surface area contributed by atoms with Crippen molar-refractivity contribution in [3.05, 3.63) is 35.9 Å². The van der Waals surface area contributed by atoms with Crippen LogP contribution in [0.25, 0.3) is 0 Å². The Balaban J connectivity index is 3.32. The van der Waals surface area contributed by atoms with Crippen molar-refractivity contribution in [2.75, 3.05) is 38.2 Å². The van der Waals surface area contributed by atoms with Crippen LogP contribution >= 0.6 is 11.8 Å². The number of aliphatic imine (C=N–C) groups is 1. The summed E-state index contributed by atoms with van der Waals surface area (Å²) in [6, 6.07) is -12.8. The molecule has 614 valence electrons. The first-order valence-corrected chi connectivity index (χ1v) is 37.1. The molecular formula is C68H114N18O22S. The molecule has 109 heavy (non-hydrogen) atoms. The van der Waals surface area contributed by atoms with Gasteiger partial charge in [-0.3, -0.25) is 76.9 Å². The van der Waals surface area contributed by atoms with Gasteiger partial charge in [0.2, 0.25) is 76.8 Å². The first kappa shape index (κ1) is 97.2. The van der Waals surface area contributed by atoms with Crippen LogP contribution in [0.15, 0.2) is 35.3 Å². The Morgan fingerprint density at radius 3 is 1.42 bits per heavy atom. The smallest absolute Gasteiger partial charge is 0.326 e. The lowest BCUT2D eigenvalue weighted by molar-refractivity contribution is -0.143. The summed E-state index contributed by atoms with van der Waals surface area (Å²) in [5, 5.41) is 91.8. The normalized spacial score (nSPS) is 15.6. The van der Waals surface area contributed by atoms with E-state index in [1.165, 1.54) is 11.8 Å². The molecule has 0 aromatic heterocycles. The molecule has 16 atom stereocenters. The van der Waals surface area contributed by atoms with Crippen molar-refractivity contribution in [3.8, 4) is 0 Å². The predicted molar refractivity (Wildman–Crippen MR) is 397 cm³/mol. The summed E-state index contributed by atoms with van der Waals surface area (Å²) in [6.07, 6.45) is -2.97. The second-order valence-corrected chi connectivity index (χ2v) is 28.1. The fourth-order valence-electron chi connectivity index (χ4n) is 10.4. The highest BCUT2D eigenvalue weighted by Gasteiger charge is 2.40. The summed E-state index contributed by atoms with van der Waals surface area (Å²) < 4.78 is 0. The highest BCUT2D eigenvalue weighted by Crippen LogP contribution is 2.15. The number of guanidine groups is 1. The molecule has 0 aliphatic rings. The predicted octanol–water partition coefficient (Wildman–Crippen LogP) is -6.63. The number of benzene rings is 1. The van der Waals surface area contributed by atoms with Gasteiger partial charge in [-0.1, -0.05) is 78.3 Å². The number of aliphatic carboxylic acids is 3. The van der Waals surface area contributed by atoms with E-state index in [-0.39, 0.29) is 75.8 Å². The molecule has 0 unspecified atom stereocenters. The minimum atomic E-state index is -2.06. The van der Waals surface area contributed by atoms with Gasteiger partial charge >= 0.3 is 17.9 Å². The number of nitrogens with one attached hydrogen (secondary N) is 13. The van der Waals surface area contributed by atoms with Gasteiger partial charge < -0.3 is 123 Å². The maximum absolute atomic E-state index is 14.2. The van der Waals surface area contributed by atoms with Crippen LogP contribution < -0.4 is 92.1 Å². The van der Waals surface area contributed by atoms with E-state index < -0.39 is 217 Å². The van der Waals surface area contributed by atoms with E-state index in [0.29, 0.717) is 30.6 Å². The lowest BCUT2D eigenvalue weighted by atomic mass is 9.96. The molecule has 0 aliphatic carbocycles. The molecule has 1 aromatic rings. The zero-order chi connectivity index (χ0) is 82.9. The van der Waals surface area contributed by atoms with Crippen LogP contribution in [0, 0.1) is 17.8 Å². The van der Waals surface area contributed by atoms with Crippen LogP contribution in [-0.2, 0) is 83.1 Å². The standard InChI is InChI=1S/C68H114N18O22S/c1-11-35(6)52(84-63(103)48(32-87)83-58(98)41(20-15-16-23-69)77-56(96)40(70)22-25-109-10)64(104)81-44(27-34(4)5)60(100)80-46(29-50(91)92)57(97)74-31-49(90)76-43(26-33(2)3)59(99)75-36(7)55(95)79-47(30-51(93)94)62(102)85-54(38(9)89)66(106)86-53(37(8)88)65(105)82-45(28-39-18-13-12-14-19-39)61(101)78-42(67(107)108)21-17-24-73-68(71)72/h12-14,18-19,33-38,40-48,52-54,87-89H,11,15-17,20-32,69-70H2,1-10H3,(H,74,97)(H,75,99)(H,76,90)(H,77,96)(H,78,101)(H,79,95)(H,80,100)(H,81,104)(H,82,105)(H,83,98)(H,84,103)(H,85,102)(H,86,106)(H,91,92)(H,93,94)(H,107,108)(H4,71,72,73)/t35-,36-,37+,38+,40-,41-,42-,43-,44-,45-,46-,47-,48-,52-,53-,54-/m0/s1. The molecule has 1 aromatic carbocycles. The van der Waals surface area contributed by atoms with Gasteiger partial charge in [-0.15, -0.1) is 0 Å². The number of carbonyl (C=O) groups excluding carboxylic acids is 13. The molecule has 40 nitrogen and oxygen atoms in total. The minimum absolute atomic E-state index is 0.0234.